The van der Waals surface area contributed by atoms with E-state index < -0.39 is 0 Å². The Morgan fingerprint density at radius 1 is 1.10 bits per heavy atom. The number of benzene rings is 2. The Bertz CT molecular complexity index is 1230. The standard InChI is InChI=1S/C32H46N6O3/c1-6-7-11-27(22-36-19-17-35(5)18-20-36)38(32(40)28-12-9-8-10-25(28)4)29-21-26(13-14-31(29)41-24(2)3)30(39)23-37(34)16-15-33/h8-16,21,24H,6-7,17-20,22-23,33-34H2,1-5H3/b16-15-,27-11+. The van der Waals surface area contributed by atoms with Gasteiger partial charge in [0.05, 0.1) is 18.3 Å². The Morgan fingerprint density at radius 3 is 2.44 bits per heavy atom. The molecule has 0 bridgehead atoms. The van der Waals surface area contributed by atoms with E-state index in [4.69, 9.17) is 16.3 Å². The predicted octanol–water partition coefficient (Wildman–Crippen LogP) is 4.15. The van der Waals surface area contributed by atoms with Crippen LogP contribution in [0.1, 0.15) is 59.9 Å². The maximum Gasteiger partial charge on any atom is 0.263 e. The number of carbonyl (C=O) groups is 2. The Kier molecular flexibility index (Phi) is 11.9. The second-order valence-electron chi connectivity index (χ2n) is 10.8. The van der Waals surface area contributed by atoms with E-state index in [2.05, 4.69) is 29.8 Å². The molecule has 41 heavy (non-hydrogen) atoms. The molecular weight excluding hydrogens is 516 g/mol. The van der Waals surface area contributed by atoms with Gasteiger partial charge in [-0.1, -0.05) is 37.6 Å². The van der Waals surface area contributed by atoms with Crippen LogP contribution in [0.25, 0.3) is 0 Å². The molecule has 2 aromatic carbocycles. The summed E-state index contributed by atoms with van der Waals surface area (Å²) in [6.45, 7) is 12.2. The molecule has 2 aromatic rings. The number of anilines is 1. The normalized spacial score (nSPS) is 15.0. The Balaban J connectivity index is 2.19. The number of hydrogen-bond donors (Lipinski definition) is 2. The van der Waals surface area contributed by atoms with Crippen LogP contribution < -0.4 is 21.2 Å². The van der Waals surface area contributed by atoms with Gasteiger partial charge in [-0.25, -0.2) is 5.84 Å². The smallest absolute Gasteiger partial charge is 0.263 e. The molecular formula is C32H46N6O3. The van der Waals surface area contributed by atoms with Crippen molar-refractivity contribution in [3.05, 3.63) is 83.3 Å². The van der Waals surface area contributed by atoms with Crippen LogP contribution in [-0.2, 0) is 0 Å². The second kappa shape index (κ2) is 15.4. The quantitative estimate of drug-likeness (QED) is 0.213. The van der Waals surface area contributed by atoms with E-state index in [9.17, 15) is 9.59 Å². The lowest BCUT2D eigenvalue weighted by molar-refractivity contribution is 0.0952. The molecule has 0 atom stereocenters. The molecule has 1 fully saturated rings. The lowest BCUT2D eigenvalue weighted by Crippen LogP contribution is -2.47. The van der Waals surface area contributed by atoms with Crippen LogP contribution in [0.3, 0.4) is 0 Å². The van der Waals surface area contributed by atoms with Gasteiger partial charge in [-0.05, 0) is 64.1 Å². The molecule has 9 nitrogen and oxygen atoms in total. The van der Waals surface area contributed by atoms with Gasteiger partial charge >= 0.3 is 0 Å². The largest absolute Gasteiger partial charge is 0.489 e. The number of likely N-dealkylation sites (N-methyl/N-ethyl adjacent to an activating group) is 1. The van der Waals surface area contributed by atoms with Gasteiger partial charge < -0.3 is 20.4 Å². The molecule has 0 spiro atoms. The molecule has 0 aromatic heterocycles. The molecule has 0 saturated carbocycles. The van der Waals surface area contributed by atoms with E-state index in [1.165, 1.54) is 17.4 Å². The molecule has 4 N–H and O–H groups in total. The number of carbonyl (C=O) groups excluding carboxylic acids is 2. The summed E-state index contributed by atoms with van der Waals surface area (Å²) < 4.78 is 6.24. The number of aryl methyl sites for hydroxylation is 1. The summed E-state index contributed by atoms with van der Waals surface area (Å²) in [5.41, 5.74) is 8.75. The predicted molar refractivity (Wildman–Crippen MR) is 166 cm³/mol. The van der Waals surface area contributed by atoms with Crippen molar-refractivity contribution in [2.45, 2.75) is 46.6 Å². The third-order valence-electron chi connectivity index (χ3n) is 7.00. The number of rotatable bonds is 13. The number of unbranched alkanes of at least 4 members (excludes halogenated alkanes) is 1. The van der Waals surface area contributed by atoms with Crippen molar-refractivity contribution in [3.63, 3.8) is 0 Å². The van der Waals surface area contributed by atoms with Crippen molar-refractivity contribution in [2.75, 3.05) is 51.2 Å². The van der Waals surface area contributed by atoms with E-state index in [1.807, 2.05) is 45.0 Å². The first-order valence-electron chi connectivity index (χ1n) is 14.4. The van der Waals surface area contributed by atoms with Gasteiger partial charge in [-0.15, -0.1) is 0 Å². The maximum atomic E-state index is 14.5. The van der Waals surface area contributed by atoms with Crippen molar-refractivity contribution in [3.8, 4) is 5.75 Å². The van der Waals surface area contributed by atoms with Crippen LogP contribution in [0.15, 0.2) is 66.6 Å². The zero-order chi connectivity index (χ0) is 29.9. The number of ketones is 1. The van der Waals surface area contributed by atoms with Gasteiger partial charge in [0.1, 0.15) is 5.75 Å². The van der Waals surface area contributed by atoms with Crippen LogP contribution in [0.5, 0.6) is 5.75 Å². The van der Waals surface area contributed by atoms with Gasteiger partial charge in [-0.2, -0.15) is 0 Å². The summed E-state index contributed by atoms with van der Waals surface area (Å²) in [5.74, 6) is 6.08. The summed E-state index contributed by atoms with van der Waals surface area (Å²) in [6, 6.07) is 12.8. The molecule has 9 heteroatoms. The van der Waals surface area contributed by atoms with Crippen molar-refractivity contribution < 1.29 is 14.3 Å². The maximum absolute atomic E-state index is 14.5. The molecule has 0 aliphatic carbocycles. The van der Waals surface area contributed by atoms with Crippen molar-refractivity contribution >= 4 is 17.4 Å². The lowest BCUT2D eigenvalue weighted by atomic mass is 10.0. The first kappa shape index (κ1) is 31.9. The molecule has 1 aliphatic rings. The molecule has 1 amide bonds. The fourth-order valence-corrected chi connectivity index (χ4v) is 4.74. The minimum Gasteiger partial charge on any atom is -0.489 e. The number of hydrogen-bond acceptors (Lipinski definition) is 8. The Hall–Kier alpha value is -3.66. The SMILES string of the molecule is CCC/C=C(\CN1CCN(C)CC1)N(C(=O)c1ccccc1C)c1cc(C(=O)CN(N)/C=C\N)ccc1OC(C)C. The van der Waals surface area contributed by atoms with E-state index in [0.717, 1.165) is 50.3 Å². The van der Waals surface area contributed by atoms with Crippen LogP contribution in [0.4, 0.5) is 5.69 Å². The van der Waals surface area contributed by atoms with Crippen molar-refractivity contribution in [1.82, 2.24) is 14.8 Å². The van der Waals surface area contributed by atoms with Crippen LogP contribution in [-0.4, -0.2) is 78.9 Å². The highest BCUT2D eigenvalue weighted by atomic mass is 16.5. The molecule has 1 heterocycles. The number of nitrogens with two attached hydrogens (primary N) is 2. The number of allylic oxidation sites excluding steroid dienone is 1. The average molecular weight is 563 g/mol. The van der Waals surface area contributed by atoms with E-state index in [1.54, 1.807) is 23.1 Å². The summed E-state index contributed by atoms with van der Waals surface area (Å²) in [5, 5.41) is 1.23. The minimum atomic E-state index is -0.204. The highest BCUT2D eigenvalue weighted by Crippen LogP contribution is 2.35. The van der Waals surface area contributed by atoms with E-state index in [0.29, 0.717) is 29.1 Å². The fourth-order valence-electron chi connectivity index (χ4n) is 4.74. The van der Waals surface area contributed by atoms with E-state index in [-0.39, 0.29) is 24.3 Å². The van der Waals surface area contributed by atoms with Crippen molar-refractivity contribution in [1.29, 1.82) is 0 Å². The van der Waals surface area contributed by atoms with Gasteiger partial charge in [0.25, 0.3) is 5.91 Å². The van der Waals surface area contributed by atoms with Gasteiger partial charge in [-0.3, -0.25) is 19.4 Å². The third-order valence-corrected chi connectivity index (χ3v) is 7.00. The first-order valence-corrected chi connectivity index (χ1v) is 14.4. The average Bonchev–Trinajstić information content (AvgIpc) is 2.93. The Labute approximate surface area is 245 Å². The fraction of sp³-hybridized carbons (Fsp3) is 0.438. The number of ether oxygens (including phenoxy) is 1. The number of nitrogens with zero attached hydrogens (tertiary/aromatic N) is 4. The first-order chi connectivity index (χ1) is 19.6. The summed E-state index contributed by atoms with van der Waals surface area (Å²) in [6.07, 6.45) is 6.48. The Morgan fingerprint density at radius 2 is 1.80 bits per heavy atom. The third kappa shape index (κ3) is 8.91. The zero-order valence-electron chi connectivity index (χ0n) is 25.2. The summed E-state index contributed by atoms with van der Waals surface area (Å²) in [4.78, 5) is 34.2. The molecule has 222 valence electrons. The van der Waals surface area contributed by atoms with Crippen LogP contribution in [0.2, 0.25) is 0 Å². The summed E-state index contributed by atoms with van der Waals surface area (Å²) in [7, 11) is 2.13. The van der Waals surface area contributed by atoms with Crippen molar-refractivity contribution in [2.24, 2.45) is 11.6 Å². The molecule has 1 saturated heterocycles. The number of hydrazine groups is 1. The zero-order valence-corrected chi connectivity index (χ0v) is 25.2. The topological polar surface area (TPSA) is 108 Å². The number of piperazine rings is 1. The highest BCUT2D eigenvalue weighted by Gasteiger charge is 2.29. The number of amides is 1. The van der Waals surface area contributed by atoms with Crippen LogP contribution >= 0.6 is 0 Å². The molecule has 0 unspecified atom stereocenters. The second-order valence-corrected chi connectivity index (χ2v) is 10.8. The van der Waals surface area contributed by atoms with Gasteiger partial charge in [0.2, 0.25) is 0 Å². The molecule has 3 rings (SSSR count). The van der Waals surface area contributed by atoms with Gasteiger partial charge in [0.15, 0.2) is 5.78 Å². The number of Topliss-reactive ketones (excluding diaryl/α,β-unsaturated/α-hetero) is 1. The summed E-state index contributed by atoms with van der Waals surface area (Å²) >= 11 is 0. The van der Waals surface area contributed by atoms with Crippen LogP contribution in [0, 0.1) is 6.92 Å². The van der Waals surface area contributed by atoms with E-state index >= 15 is 0 Å². The monoisotopic (exact) mass is 562 g/mol. The lowest BCUT2D eigenvalue weighted by Gasteiger charge is -2.36. The molecule has 1 aliphatic heterocycles. The minimum absolute atomic E-state index is 0.0664. The highest BCUT2D eigenvalue weighted by molar-refractivity contribution is 6.10. The molecule has 0 radical (unpaired) electrons. The van der Waals surface area contributed by atoms with Gasteiger partial charge in [0, 0.05) is 61.9 Å².